The van der Waals surface area contributed by atoms with Gasteiger partial charge in [-0.2, -0.15) is 0 Å². The average molecular weight is 270 g/mol. The lowest BCUT2D eigenvalue weighted by atomic mass is 10.1. The van der Waals surface area contributed by atoms with Gasteiger partial charge in [-0.3, -0.25) is 0 Å². The predicted molar refractivity (Wildman–Crippen MR) is 68.4 cm³/mol. The molecule has 3 rings (SSSR count). The minimum atomic E-state index is -0.899. The van der Waals surface area contributed by atoms with E-state index >= 15 is 0 Å². The number of hydrogen-bond donors (Lipinski definition) is 2. The molecule has 5 nitrogen and oxygen atoms in total. The molecule has 0 aromatic carbocycles. The maximum atomic E-state index is 12.2. The fourth-order valence-electron chi connectivity index (χ4n) is 2.60. The second-order valence-corrected chi connectivity index (χ2v) is 6.47. The number of thioether (sulfide) groups is 1. The van der Waals surface area contributed by atoms with Crippen LogP contribution in [-0.2, 0) is 4.79 Å². The Morgan fingerprint density at radius 3 is 2.33 bits per heavy atom. The number of carboxylic acids is 1. The van der Waals surface area contributed by atoms with E-state index in [4.69, 9.17) is 5.11 Å². The number of nitrogens with zero attached hydrogens (tertiary/aromatic N) is 1. The molecule has 0 spiro atoms. The summed E-state index contributed by atoms with van der Waals surface area (Å²) in [7, 11) is 0. The highest BCUT2D eigenvalue weighted by Crippen LogP contribution is 2.44. The van der Waals surface area contributed by atoms with E-state index in [1.807, 2.05) is 0 Å². The van der Waals surface area contributed by atoms with Gasteiger partial charge in [0.2, 0.25) is 0 Å². The zero-order valence-corrected chi connectivity index (χ0v) is 11.0. The van der Waals surface area contributed by atoms with E-state index in [1.165, 1.54) is 42.3 Å². The molecular weight excluding hydrogens is 252 g/mol. The van der Waals surface area contributed by atoms with Crippen LogP contribution >= 0.6 is 11.8 Å². The molecule has 3 aliphatic rings. The predicted octanol–water partition coefficient (Wildman–Crippen LogP) is 1.34. The van der Waals surface area contributed by atoms with Gasteiger partial charge >= 0.3 is 12.0 Å². The average Bonchev–Trinajstić information content (AvgIpc) is 3.24. The number of rotatable bonds is 4. The third-order valence-corrected chi connectivity index (χ3v) is 4.99. The molecule has 1 heterocycles. The van der Waals surface area contributed by atoms with Crippen LogP contribution in [-0.4, -0.2) is 45.7 Å². The highest BCUT2D eigenvalue weighted by atomic mass is 32.2. The number of amides is 2. The molecule has 0 aromatic rings. The van der Waals surface area contributed by atoms with E-state index in [0.717, 1.165) is 0 Å². The molecule has 100 valence electrons. The standard InChI is InChI=1S/C12H18N2O3S/c15-11(16)9-5-18-6-14(9)12(17)13-10(7-1-2-7)8-3-4-8/h7-10H,1-6H2,(H,13,17)(H,15,16)/t9-/m0/s1. The first-order chi connectivity index (χ1) is 8.66. The first-order valence-electron chi connectivity index (χ1n) is 6.54. The maximum absolute atomic E-state index is 12.2. The van der Waals surface area contributed by atoms with Crippen LogP contribution in [0.15, 0.2) is 0 Å². The molecular formula is C12H18N2O3S. The molecule has 3 fully saturated rings. The number of carboxylic acid groups (broad SMARTS) is 1. The Hall–Kier alpha value is -0.910. The Kier molecular flexibility index (Phi) is 3.13. The van der Waals surface area contributed by atoms with E-state index in [0.29, 0.717) is 23.5 Å². The summed E-state index contributed by atoms with van der Waals surface area (Å²) in [5.74, 6) is 1.37. The van der Waals surface area contributed by atoms with Crippen LogP contribution in [0.4, 0.5) is 4.79 Å². The van der Waals surface area contributed by atoms with Crippen LogP contribution in [0.3, 0.4) is 0 Å². The van der Waals surface area contributed by atoms with Crippen molar-refractivity contribution in [1.82, 2.24) is 10.2 Å². The molecule has 18 heavy (non-hydrogen) atoms. The smallest absolute Gasteiger partial charge is 0.327 e. The minimum absolute atomic E-state index is 0.184. The van der Waals surface area contributed by atoms with Crippen LogP contribution in [0.2, 0.25) is 0 Å². The van der Waals surface area contributed by atoms with E-state index in [-0.39, 0.29) is 12.1 Å². The molecule has 0 radical (unpaired) electrons. The number of carbonyl (C=O) groups excluding carboxylic acids is 1. The largest absolute Gasteiger partial charge is 0.480 e. The molecule has 1 saturated heterocycles. The van der Waals surface area contributed by atoms with Crippen molar-refractivity contribution < 1.29 is 14.7 Å². The van der Waals surface area contributed by atoms with E-state index in [9.17, 15) is 9.59 Å². The Morgan fingerprint density at radius 2 is 1.83 bits per heavy atom. The van der Waals surface area contributed by atoms with Crippen molar-refractivity contribution in [2.24, 2.45) is 11.8 Å². The van der Waals surface area contributed by atoms with Gasteiger partial charge < -0.3 is 15.3 Å². The summed E-state index contributed by atoms with van der Waals surface area (Å²) in [4.78, 5) is 24.7. The van der Waals surface area contributed by atoms with Gasteiger partial charge in [0.1, 0.15) is 6.04 Å². The van der Waals surface area contributed by atoms with Crippen LogP contribution in [0.5, 0.6) is 0 Å². The fraction of sp³-hybridized carbons (Fsp3) is 0.833. The van der Waals surface area contributed by atoms with Gasteiger partial charge in [0.15, 0.2) is 0 Å². The second kappa shape index (κ2) is 4.64. The molecule has 2 amide bonds. The highest BCUT2D eigenvalue weighted by molar-refractivity contribution is 7.99. The molecule has 0 unspecified atom stereocenters. The quantitative estimate of drug-likeness (QED) is 0.809. The van der Waals surface area contributed by atoms with Crippen molar-refractivity contribution in [3.63, 3.8) is 0 Å². The van der Waals surface area contributed by atoms with Crippen molar-refractivity contribution in [2.45, 2.75) is 37.8 Å². The maximum Gasteiger partial charge on any atom is 0.327 e. The normalized spacial score (nSPS) is 27.6. The summed E-state index contributed by atoms with van der Waals surface area (Å²) in [5.41, 5.74) is 0. The van der Waals surface area contributed by atoms with Gasteiger partial charge in [0.25, 0.3) is 0 Å². The summed E-state index contributed by atoms with van der Waals surface area (Å²) >= 11 is 1.51. The van der Waals surface area contributed by atoms with Crippen molar-refractivity contribution in [3.05, 3.63) is 0 Å². The summed E-state index contributed by atoms with van der Waals surface area (Å²) < 4.78 is 0. The highest BCUT2D eigenvalue weighted by Gasteiger charge is 2.44. The van der Waals surface area contributed by atoms with Crippen molar-refractivity contribution >= 4 is 23.8 Å². The SMILES string of the molecule is O=C(O)[C@@H]1CSCN1C(=O)NC(C1CC1)C1CC1. The molecule has 6 heteroatoms. The summed E-state index contributed by atoms with van der Waals surface area (Å²) in [6.45, 7) is 0. The first kappa shape index (κ1) is 12.1. The van der Waals surface area contributed by atoms with Crippen LogP contribution in [0.1, 0.15) is 25.7 Å². The third kappa shape index (κ3) is 2.43. The third-order valence-electron chi connectivity index (χ3n) is 3.98. The lowest BCUT2D eigenvalue weighted by Gasteiger charge is -2.25. The van der Waals surface area contributed by atoms with Gasteiger partial charge in [-0.05, 0) is 37.5 Å². The molecule has 0 aromatic heterocycles. The fourth-order valence-corrected chi connectivity index (χ4v) is 3.75. The number of nitrogens with one attached hydrogen (secondary N) is 1. The van der Waals surface area contributed by atoms with Crippen LogP contribution in [0.25, 0.3) is 0 Å². The first-order valence-corrected chi connectivity index (χ1v) is 7.70. The van der Waals surface area contributed by atoms with Crippen molar-refractivity contribution in [3.8, 4) is 0 Å². The van der Waals surface area contributed by atoms with Gasteiger partial charge in [0, 0.05) is 11.8 Å². The summed E-state index contributed by atoms with van der Waals surface area (Å²) in [6.07, 6.45) is 4.83. The lowest BCUT2D eigenvalue weighted by Crippen LogP contribution is -2.50. The molecule has 0 bridgehead atoms. The number of hydrogen-bond acceptors (Lipinski definition) is 3. The number of aliphatic carboxylic acids is 1. The lowest BCUT2D eigenvalue weighted by molar-refractivity contribution is -0.140. The zero-order chi connectivity index (χ0) is 12.7. The molecule has 2 saturated carbocycles. The monoisotopic (exact) mass is 270 g/mol. The second-order valence-electron chi connectivity index (χ2n) is 5.47. The van der Waals surface area contributed by atoms with Crippen LogP contribution < -0.4 is 5.32 Å². The molecule has 2 aliphatic carbocycles. The van der Waals surface area contributed by atoms with Gasteiger partial charge in [-0.15, -0.1) is 11.8 Å². The zero-order valence-electron chi connectivity index (χ0n) is 10.2. The van der Waals surface area contributed by atoms with Gasteiger partial charge in [-0.1, -0.05) is 0 Å². The van der Waals surface area contributed by atoms with Crippen LogP contribution in [0, 0.1) is 11.8 Å². The summed E-state index contributed by atoms with van der Waals surface area (Å²) in [5, 5.41) is 12.2. The summed E-state index contributed by atoms with van der Waals surface area (Å²) in [6, 6.07) is -0.553. The van der Waals surface area contributed by atoms with E-state index < -0.39 is 12.0 Å². The Bertz CT molecular complexity index is 356. The van der Waals surface area contributed by atoms with Crippen molar-refractivity contribution in [1.29, 1.82) is 0 Å². The molecule has 1 aliphatic heterocycles. The Morgan fingerprint density at radius 1 is 1.22 bits per heavy atom. The van der Waals surface area contributed by atoms with E-state index in [1.54, 1.807) is 0 Å². The topological polar surface area (TPSA) is 69.6 Å². The van der Waals surface area contributed by atoms with Gasteiger partial charge in [0.05, 0.1) is 5.88 Å². The van der Waals surface area contributed by atoms with E-state index in [2.05, 4.69) is 5.32 Å². The Balaban J connectivity index is 1.61. The van der Waals surface area contributed by atoms with Gasteiger partial charge in [-0.25, -0.2) is 9.59 Å². The minimum Gasteiger partial charge on any atom is -0.480 e. The molecule has 1 atom stereocenters. The Labute approximate surface area is 110 Å². The van der Waals surface area contributed by atoms with Crippen molar-refractivity contribution in [2.75, 3.05) is 11.6 Å². The molecule has 2 N–H and O–H groups in total. The number of carbonyl (C=O) groups is 2. The number of urea groups is 1.